The number of nitrogens with one attached hydrogen (secondary N) is 1. The lowest BCUT2D eigenvalue weighted by Crippen LogP contribution is -2.17. The third kappa shape index (κ3) is 3.16. The topological polar surface area (TPSA) is 108 Å². The van der Waals surface area contributed by atoms with E-state index in [1.165, 1.54) is 12.4 Å². The Balaban J connectivity index is 1.64. The van der Waals surface area contributed by atoms with Crippen LogP contribution in [-0.4, -0.2) is 38.4 Å². The smallest absolute Gasteiger partial charge is 0.278 e. The molecular formula is C13H16N6O2. The van der Waals surface area contributed by atoms with E-state index in [-0.39, 0.29) is 17.6 Å². The van der Waals surface area contributed by atoms with Crippen molar-refractivity contribution in [3.8, 4) is 0 Å². The summed E-state index contributed by atoms with van der Waals surface area (Å²) in [5.41, 5.74) is 6.30. The fourth-order valence-corrected chi connectivity index (χ4v) is 2.24. The minimum atomic E-state index is -0.405. The second-order valence-electron chi connectivity index (χ2n) is 4.83. The van der Waals surface area contributed by atoms with E-state index in [4.69, 9.17) is 10.5 Å². The van der Waals surface area contributed by atoms with Crippen LogP contribution in [-0.2, 0) is 11.3 Å². The van der Waals surface area contributed by atoms with E-state index in [1.807, 2.05) is 0 Å². The Morgan fingerprint density at radius 3 is 3.10 bits per heavy atom. The molecule has 2 aromatic heterocycles. The zero-order valence-corrected chi connectivity index (χ0v) is 11.4. The van der Waals surface area contributed by atoms with Crippen LogP contribution < -0.4 is 11.1 Å². The summed E-state index contributed by atoms with van der Waals surface area (Å²) in [5.74, 6) is -0.306. The average molecular weight is 288 g/mol. The molecule has 0 saturated carbocycles. The predicted molar refractivity (Wildman–Crippen MR) is 75.6 cm³/mol. The summed E-state index contributed by atoms with van der Waals surface area (Å²) < 4.78 is 7.30. The van der Waals surface area contributed by atoms with Gasteiger partial charge in [0.1, 0.15) is 0 Å². The molecule has 21 heavy (non-hydrogen) atoms. The van der Waals surface area contributed by atoms with Gasteiger partial charge in [0.05, 0.1) is 24.5 Å². The van der Waals surface area contributed by atoms with E-state index in [0.717, 1.165) is 19.4 Å². The molecule has 1 saturated heterocycles. The highest BCUT2D eigenvalue weighted by atomic mass is 16.5. The Labute approximate surface area is 121 Å². The fraction of sp³-hybridized carbons (Fsp3) is 0.385. The number of amides is 1. The number of aromatic nitrogens is 4. The molecule has 8 heteroatoms. The fourth-order valence-electron chi connectivity index (χ4n) is 2.24. The number of hydrogen-bond acceptors (Lipinski definition) is 6. The van der Waals surface area contributed by atoms with Gasteiger partial charge in [-0.05, 0) is 12.8 Å². The van der Waals surface area contributed by atoms with Crippen molar-refractivity contribution in [2.45, 2.75) is 25.5 Å². The molecule has 1 amide bonds. The largest absolute Gasteiger partial charge is 0.382 e. The van der Waals surface area contributed by atoms with Gasteiger partial charge in [-0.2, -0.15) is 5.10 Å². The van der Waals surface area contributed by atoms with Crippen LogP contribution in [0.5, 0.6) is 0 Å². The first-order valence-electron chi connectivity index (χ1n) is 6.74. The number of nitrogens with zero attached hydrogens (tertiary/aromatic N) is 4. The molecule has 1 atom stereocenters. The third-order valence-electron chi connectivity index (χ3n) is 3.25. The highest BCUT2D eigenvalue weighted by Crippen LogP contribution is 2.15. The van der Waals surface area contributed by atoms with Crippen molar-refractivity contribution in [3.05, 3.63) is 30.5 Å². The van der Waals surface area contributed by atoms with Gasteiger partial charge in [-0.25, -0.2) is 9.97 Å². The Bertz CT molecular complexity index is 635. The molecule has 0 spiro atoms. The molecule has 1 aliphatic rings. The molecule has 8 nitrogen and oxygen atoms in total. The van der Waals surface area contributed by atoms with Crippen molar-refractivity contribution in [2.75, 3.05) is 17.7 Å². The van der Waals surface area contributed by atoms with E-state index in [0.29, 0.717) is 12.2 Å². The van der Waals surface area contributed by atoms with E-state index in [9.17, 15) is 4.79 Å². The van der Waals surface area contributed by atoms with Crippen molar-refractivity contribution in [1.29, 1.82) is 0 Å². The van der Waals surface area contributed by atoms with Gasteiger partial charge in [0.25, 0.3) is 5.91 Å². The van der Waals surface area contributed by atoms with Crippen LogP contribution in [0.3, 0.4) is 0 Å². The van der Waals surface area contributed by atoms with Gasteiger partial charge in [-0.3, -0.25) is 9.48 Å². The average Bonchev–Trinajstić information content (AvgIpc) is 3.12. The molecule has 0 radical (unpaired) electrons. The van der Waals surface area contributed by atoms with Crippen molar-refractivity contribution < 1.29 is 9.53 Å². The standard InChI is InChI=1S/C13H16N6O2/c14-12-11(15-3-4-16-12)13(20)18-9-6-17-19(7-9)8-10-2-1-5-21-10/h3-4,6-7,10H,1-2,5,8H2,(H2,14,16)(H,18,20). The van der Waals surface area contributed by atoms with E-state index >= 15 is 0 Å². The third-order valence-corrected chi connectivity index (χ3v) is 3.25. The molecule has 1 fully saturated rings. The number of nitrogen functional groups attached to an aromatic ring is 1. The van der Waals surface area contributed by atoms with E-state index in [1.54, 1.807) is 17.1 Å². The minimum Gasteiger partial charge on any atom is -0.382 e. The Hall–Kier alpha value is -2.48. The molecular weight excluding hydrogens is 272 g/mol. The normalized spacial score (nSPS) is 17.8. The van der Waals surface area contributed by atoms with Gasteiger partial charge < -0.3 is 15.8 Å². The van der Waals surface area contributed by atoms with Gasteiger partial charge >= 0.3 is 0 Å². The van der Waals surface area contributed by atoms with Gasteiger partial charge in [-0.1, -0.05) is 0 Å². The second kappa shape index (κ2) is 5.88. The highest BCUT2D eigenvalue weighted by Gasteiger charge is 2.17. The summed E-state index contributed by atoms with van der Waals surface area (Å²) in [6, 6.07) is 0. The van der Waals surface area contributed by atoms with Crippen LogP contribution in [0.15, 0.2) is 24.8 Å². The molecule has 0 bridgehead atoms. The lowest BCUT2D eigenvalue weighted by Gasteiger charge is -2.08. The van der Waals surface area contributed by atoms with Gasteiger partial charge in [0, 0.05) is 25.2 Å². The monoisotopic (exact) mass is 288 g/mol. The maximum absolute atomic E-state index is 12.0. The summed E-state index contributed by atoms with van der Waals surface area (Å²) in [4.78, 5) is 19.8. The number of ether oxygens (including phenoxy) is 1. The maximum Gasteiger partial charge on any atom is 0.278 e. The molecule has 3 heterocycles. The number of nitrogens with two attached hydrogens (primary N) is 1. The van der Waals surface area contributed by atoms with Crippen molar-refractivity contribution in [2.24, 2.45) is 0 Å². The number of carbonyl (C=O) groups excluding carboxylic acids is 1. The molecule has 1 aliphatic heterocycles. The molecule has 1 unspecified atom stereocenters. The lowest BCUT2D eigenvalue weighted by molar-refractivity contribution is 0.0940. The van der Waals surface area contributed by atoms with E-state index < -0.39 is 5.91 Å². The van der Waals surface area contributed by atoms with Gasteiger partial charge in [0.15, 0.2) is 11.5 Å². The van der Waals surface area contributed by atoms with Crippen LogP contribution in [0.2, 0.25) is 0 Å². The second-order valence-corrected chi connectivity index (χ2v) is 4.83. The van der Waals surface area contributed by atoms with Crippen molar-refractivity contribution >= 4 is 17.4 Å². The zero-order chi connectivity index (χ0) is 14.7. The predicted octanol–water partition coefficient (Wildman–Crippen LogP) is 0.687. The minimum absolute atomic E-state index is 0.0988. The summed E-state index contributed by atoms with van der Waals surface area (Å²) in [5, 5.41) is 6.90. The number of anilines is 2. The highest BCUT2D eigenvalue weighted by molar-refractivity contribution is 6.05. The summed E-state index contributed by atoms with van der Waals surface area (Å²) in [6.45, 7) is 1.49. The van der Waals surface area contributed by atoms with Crippen LogP contribution >= 0.6 is 0 Å². The Morgan fingerprint density at radius 1 is 1.48 bits per heavy atom. The summed E-state index contributed by atoms with van der Waals surface area (Å²) in [7, 11) is 0. The molecule has 2 aromatic rings. The summed E-state index contributed by atoms with van der Waals surface area (Å²) >= 11 is 0. The van der Waals surface area contributed by atoms with Crippen LogP contribution in [0.1, 0.15) is 23.3 Å². The first-order chi connectivity index (χ1) is 10.2. The Kier molecular flexibility index (Phi) is 3.78. The van der Waals surface area contributed by atoms with Crippen molar-refractivity contribution in [1.82, 2.24) is 19.7 Å². The first kappa shape index (κ1) is 13.5. The van der Waals surface area contributed by atoms with Crippen LogP contribution in [0.4, 0.5) is 11.5 Å². The van der Waals surface area contributed by atoms with Crippen LogP contribution in [0.25, 0.3) is 0 Å². The van der Waals surface area contributed by atoms with Crippen molar-refractivity contribution in [3.63, 3.8) is 0 Å². The maximum atomic E-state index is 12.0. The Morgan fingerprint density at radius 2 is 2.33 bits per heavy atom. The molecule has 3 rings (SSSR count). The quantitative estimate of drug-likeness (QED) is 0.856. The zero-order valence-electron chi connectivity index (χ0n) is 11.4. The molecule has 0 aromatic carbocycles. The van der Waals surface area contributed by atoms with E-state index in [2.05, 4.69) is 20.4 Å². The number of carbonyl (C=O) groups is 1. The van der Waals surface area contributed by atoms with Gasteiger partial charge in [-0.15, -0.1) is 0 Å². The molecule has 0 aliphatic carbocycles. The first-order valence-corrected chi connectivity index (χ1v) is 6.74. The SMILES string of the molecule is Nc1nccnc1C(=O)Nc1cnn(CC2CCCO2)c1. The molecule has 3 N–H and O–H groups in total. The number of rotatable bonds is 4. The number of hydrogen-bond donors (Lipinski definition) is 2. The lowest BCUT2D eigenvalue weighted by atomic mass is 10.2. The summed E-state index contributed by atoms with van der Waals surface area (Å²) in [6.07, 6.45) is 8.52. The van der Waals surface area contributed by atoms with Gasteiger partial charge in [0.2, 0.25) is 0 Å². The van der Waals surface area contributed by atoms with Crippen LogP contribution in [0, 0.1) is 0 Å². The molecule has 110 valence electrons.